The van der Waals surface area contributed by atoms with Gasteiger partial charge in [-0.15, -0.1) is 0 Å². The van der Waals surface area contributed by atoms with E-state index in [2.05, 4.69) is 0 Å². The summed E-state index contributed by atoms with van der Waals surface area (Å²) in [5, 5.41) is 1.20. The van der Waals surface area contributed by atoms with Gasteiger partial charge in [-0.2, -0.15) is 0 Å². The van der Waals surface area contributed by atoms with Gasteiger partial charge in [-0.05, 0) is 31.2 Å². The lowest BCUT2D eigenvalue weighted by Crippen LogP contribution is -2.04. The number of halogens is 3. The van der Waals surface area contributed by atoms with Crippen LogP contribution in [-0.2, 0) is 6.54 Å². The Morgan fingerprint density at radius 2 is 1.86 bits per heavy atom. The molecule has 5 heteroatoms. The molecule has 1 heterocycles. The minimum Gasteiger partial charge on any atom is -0.494 e. The quantitative estimate of drug-likeness (QED) is 0.666. The van der Waals surface area contributed by atoms with Crippen LogP contribution in [-0.4, -0.2) is 11.7 Å². The van der Waals surface area contributed by atoms with Crippen LogP contribution in [0.1, 0.15) is 11.3 Å². The van der Waals surface area contributed by atoms with E-state index in [-0.39, 0.29) is 11.6 Å². The van der Waals surface area contributed by atoms with E-state index in [4.69, 9.17) is 16.3 Å². The molecule has 0 radical (unpaired) electrons. The SMILES string of the molecule is COc1cc2cc(C)n(Cc3ccc(Cl)cc3F)c2cc1F. The Bertz CT molecular complexity index is 857. The summed E-state index contributed by atoms with van der Waals surface area (Å²) in [5.41, 5.74) is 2.11. The summed E-state index contributed by atoms with van der Waals surface area (Å²) in [5.74, 6) is -0.615. The summed E-state index contributed by atoms with van der Waals surface area (Å²) in [6, 6.07) is 9.54. The predicted octanol–water partition coefficient (Wildman–Crippen LogP) is 4.94. The first kappa shape index (κ1) is 14.9. The zero-order valence-corrected chi connectivity index (χ0v) is 12.9. The van der Waals surface area contributed by atoms with Crippen molar-refractivity contribution in [2.45, 2.75) is 13.5 Å². The number of fused-ring (bicyclic) bond motifs is 1. The first-order chi connectivity index (χ1) is 10.5. The molecule has 2 aromatic carbocycles. The molecular weight excluding hydrogens is 308 g/mol. The van der Waals surface area contributed by atoms with Gasteiger partial charge in [0.25, 0.3) is 0 Å². The molecule has 0 aliphatic rings. The summed E-state index contributed by atoms with van der Waals surface area (Å²) in [4.78, 5) is 0. The smallest absolute Gasteiger partial charge is 0.167 e. The van der Waals surface area contributed by atoms with Gasteiger partial charge >= 0.3 is 0 Å². The molecule has 114 valence electrons. The number of rotatable bonds is 3. The lowest BCUT2D eigenvalue weighted by Gasteiger charge is -2.10. The van der Waals surface area contributed by atoms with Gasteiger partial charge in [-0.25, -0.2) is 8.78 Å². The second kappa shape index (κ2) is 5.61. The number of hydrogen-bond acceptors (Lipinski definition) is 1. The van der Waals surface area contributed by atoms with E-state index >= 15 is 0 Å². The Morgan fingerprint density at radius 1 is 1.09 bits per heavy atom. The topological polar surface area (TPSA) is 14.2 Å². The Labute approximate surface area is 131 Å². The highest BCUT2D eigenvalue weighted by molar-refractivity contribution is 6.30. The molecule has 1 aromatic heterocycles. The molecule has 0 spiro atoms. The molecule has 3 aromatic rings. The highest BCUT2D eigenvalue weighted by Crippen LogP contribution is 2.28. The molecule has 0 bridgehead atoms. The molecule has 0 saturated carbocycles. The van der Waals surface area contributed by atoms with E-state index in [1.165, 1.54) is 19.2 Å². The van der Waals surface area contributed by atoms with Crippen molar-refractivity contribution >= 4 is 22.5 Å². The highest BCUT2D eigenvalue weighted by Gasteiger charge is 2.13. The van der Waals surface area contributed by atoms with Crippen LogP contribution in [0.4, 0.5) is 8.78 Å². The van der Waals surface area contributed by atoms with Crippen molar-refractivity contribution in [2.75, 3.05) is 7.11 Å². The number of ether oxygens (including phenoxy) is 1. The summed E-state index contributed by atoms with van der Waals surface area (Å²) in [6.07, 6.45) is 0. The van der Waals surface area contributed by atoms with Crippen LogP contribution in [0.25, 0.3) is 10.9 Å². The monoisotopic (exact) mass is 321 g/mol. The van der Waals surface area contributed by atoms with Crippen LogP contribution in [0, 0.1) is 18.6 Å². The lowest BCUT2D eigenvalue weighted by molar-refractivity contribution is 0.387. The van der Waals surface area contributed by atoms with Crippen LogP contribution in [0.15, 0.2) is 36.4 Å². The van der Waals surface area contributed by atoms with Crippen molar-refractivity contribution in [3.8, 4) is 5.75 Å². The fourth-order valence-corrected chi connectivity index (χ4v) is 2.75. The Kier molecular flexibility index (Phi) is 3.79. The number of aromatic nitrogens is 1. The first-order valence-corrected chi connectivity index (χ1v) is 7.14. The molecule has 0 N–H and O–H groups in total. The number of methoxy groups -OCH3 is 1. The van der Waals surface area contributed by atoms with Crippen LogP contribution in [0.2, 0.25) is 5.02 Å². The minimum atomic E-state index is -0.439. The summed E-state index contributed by atoms with van der Waals surface area (Å²) in [7, 11) is 1.43. The molecule has 2 nitrogen and oxygen atoms in total. The highest BCUT2D eigenvalue weighted by atomic mass is 35.5. The molecule has 0 aliphatic heterocycles. The second-order valence-electron chi connectivity index (χ2n) is 5.15. The average Bonchev–Trinajstić information content (AvgIpc) is 2.76. The van der Waals surface area contributed by atoms with Crippen molar-refractivity contribution in [3.05, 3.63) is 64.3 Å². The van der Waals surface area contributed by atoms with E-state index in [1.807, 2.05) is 17.6 Å². The van der Waals surface area contributed by atoms with Gasteiger partial charge in [0.1, 0.15) is 5.82 Å². The molecule has 0 atom stereocenters. The van der Waals surface area contributed by atoms with Crippen molar-refractivity contribution in [2.24, 2.45) is 0 Å². The molecule has 0 aliphatic carbocycles. The Hall–Kier alpha value is -2.07. The fraction of sp³-hybridized carbons (Fsp3) is 0.176. The van der Waals surface area contributed by atoms with Crippen LogP contribution < -0.4 is 4.74 Å². The van der Waals surface area contributed by atoms with Crippen molar-refractivity contribution < 1.29 is 13.5 Å². The third-order valence-corrected chi connectivity index (χ3v) is 3.96. The number of benzene rings is 2. The van der Waals surface area contributed by atoms with E-state index in [1.54, 1.807) is 18.2 Å². The standard InChI is InChI=1S/C17H14ClF2NO/c1-10-5-12-6-17(22-2)15(20)8-16(12)21(10)9-11-3-4-13(18)7-14(11)19/h3-8H,9H2,1-2H3. The maximum atomic E-state index is 14.0. The average molecular weight is 322 g/mol. The van der Waals surface area contributed by atoms with Crippen molar-refractivity contribution in [1.82, 2.24) is 4.57 Å². The minimum absolute atomic E-state index is 0.197. The summed E-state index contributed by atoms with van der Waals surface area (Å²) < 4.78 is 34.8. The zero-order chi connectivity index (χ0) is 15.9. The van der Waals surface area contributed by atoms with Gasteiger partial charge in [-0.3, -0.25) is 0 Å². The van der Waals surface area contributed by atoms with Crippen molar-refractivity contribution in [3.63, 3.8) is 0 Å². The van der Waals surface area contributed by atoms with Crippen LogP contribution in [0.3, 0.4) is 0 Å². The largest absolute Gasteiger partial charge is 0.494 e. The molecular formula is C17H14ClF2NO. The molecule has 0 fully saturated rings. The molecule has 22 heavy (non-hydrogen) atoms. The van der Waals surface area contributed by atoms with Gasteiger partial charge in [0.2, 0.25) is 0 Å². The summed E-state index contributed by atoms with van der Waals surface area (Å²) >= 11 is 5.77. The Morgan fingerprint density at radius 3 is 2.55 bits per heavy atom. The van der Waals surface area contributed by atoms with E-state index in [9.17, 15) is 8.78 Å². The fourth-order valence-electron chi connectivity index (χ4n) is 2.59. The number of aryl methyl sites for hydroxylation is 1. The number of nitrogens with zero attached hydrogens (tertiary/aromatic N) is 1. The van der Waals surface area contributed by atoms with E-state index < -0.39 is 5.82 Å². The third-order valence-electron chi connectivity index (χ3n) is 3.73. The zero-order valence-electron chi connectivity index (χ0n) is 12.2. The molecule has 3 rings (SSSR count). The van der Waals surface area contributed by atoms with E-state index in [0.29, 0.717) is 22.6 Å². The second-order valence-corrected chi connectivity index (χ2v) is 5.59. The number of hydrogen-bond donors (Lipinski definition) is 0. The van der Waals surface area contributed by atoms with Gasteiger partial charge in [0, 0.05) is 27.7 Å². The molecule has 0 amide bonds. The first-order valence-electron chi connectivity index (χ1n) is 6.77. The van der Waals surface area contributed by atoms with Gasteiger partial charge in [0.15, 0.2) is 11.6 Å². The Balaban J connectivity index is 2.10. The van der Waals surface area contributed by atoms with Gasteiger partial charge in [0.05, 0.1) is 19.2 Å². The third kappa shape index (κ3) is 2.55. The van der Waals surface area contributed by atoms with Gasteiger partial charge in [-0.1, -0.05) is 17.7 Å². The molecule has 0 unspecified atom stereocenters. The van der Waals surface area contributed by atoms with E-state index in [0.717, 1.165) is 11.1 Å². The molecule has 0 saturated heterocycles. The van der Waals surface area contributed by atoms with Crippen LogP contribution >= 0.6 is 11.6 Å². The van der Waals surface area contributed by atoms with Crippen molar-refractivity contribution in [1.29, 1.82) is 0 Å². The van der Waals surface area contributed by atoms with Crippen LogP contribution in [0.5, 0.6) is 5.75 Å². The summed E-state index contributed by atoms with van der Waals surface area (Å²) in [6.45, 7) is 2.21. The van der Waals surface area contributed by atoms with Gasteiger partial charge < -0.3 is 9.30 Å². The predicted molar refractivity (Wildman–Crippen MR) is 83.7 cm³/mol. The maximum absolute atomic E-state index is 14.0. The normalized spacial score (nSPS) is 11.1. The lowest BCUT2D eigenvalue weighted by atomic mass is 10.2. The maximum Gasteiger partial charge on any atom is 0.167 e.